The lowest BCUT2D eigenvalue weighted by molar-refractivity contribution is -0.124. The van der Waals surface area contributed by atoms with E-state index in [-0.39, 0.29) is 17.9 Å². The lowest BCUT2D eigenvalue weighted by Crippen LogP contribution is -2.42. The van der Waals surface area contributed by atoms with Crippen LogP contribution in [0.5, 0.6) is 0 Å². The summed E-state index contributed by atoms with van der Waals surface area (Å²) in [5.74, 6) is -0.121. The highest BCUT2D eigenvalue weighted by Gasteiger charge is 2.16. The summed E-state index contributed by atoms with van der Waals surface area (Å²) < 4.78 is 0. The third kappa shape index (κ3) is 4.53. The van der Waals surface area contributed by atoms with Crippen molar-refractivity contribution in [2.24, 2.45) is 11.7 Å². The Bertz CT molecular complexity index is 431. The third-order valence-corrected chi connectivity index (χ3v) is 3.72. The molecule has 0 heterocycles. The molecule has 0 fully saturated rings. The van der Waals surface area contributed by atoms with Gasteiger partial charge in [-0.1, -0.05) is 25.1 Å². The van der Waals surface area contributed by atoms with Gasteiger partial charge in [-0.3, -0.25) is 4.79 Å². The number of para-hydroxylation sites is 1. The lowest BCUT2D eigenvalue weighted by atomic mass is 10.0. The van der Waals surface area contributed by atoms with Crippen molar-refractivity contribution in [1.82, 2.24) is 5.32 Å². The molecule has 112 valence electrons. The molecule has 0 saturated heterocycles. The summed E-state index contributed by atoms with van der Waals surface area (Å²) in [5, 5.41) is 2.96. The number of hydrogen-bond acceptors (Lipinski definition) is 3. The minimum atomic E-state index is -0.150. The molecule has 20 heavy (non-hydrogen) atoms. The van der Waals surface area contributed by atoms with Gasteiger partial charge in [0.15, 0.2) is 0 Å². The zero-order chi connectivity index (χ0) is 15.1. The highest BCUT2D eigenvalue weighted by atomic mass is 16.1. The van der Waals surface area contributed by atoms with Crippen molar-refractivity contribution in [3.05, 3.63) is 29.8 Å². The summed E-state index contributed by atoms with van der Waals surface area (Å²) in [6.45, 7) is 10.3. The highest BCUT2D eigenvalue weighted by Crippen LogP contribution is 2.18. The molecule has 0 aliphatic heterocycles. The Labute approximate surface area is 122 Å². The second-order valence-corrected chi connectivity index (χ2v) is 5.30. The Balaban J connectivity index is 2.51. The number of hydrogen-bond donors (Lipinski definition) is 2. The topological polar surface area (TPSA) is 58.4 Å². The number of anilines is 1. The second-order valence-electron chi connectivity index (χ2n) is 5.30. The van der Waals surface area contributed by atoms with Crippen LogP contribution in [-0.2, 0) is 4.79 Å². The van der Waals surface area contributed by atoms with Crippen LogP contribution in [0.2, 0.25) is 0 Å². The molecule has 0 radical (unpaired) electrons. The van der Waals surface area contributed by atoms with Gasteiger partial charge in [0.25, 0.3) is 0 Å². The van der Waals surface area contributed by atoms with Gasteiger partial charge < -0.3 is 16.0 Å². The summed E-state index contributed by atoms with van der Waals surface area (Å²) in [6.07, 6.45) is 0. The zero-order valence-electron chi connectivity index (χ0n) is 13.0. The van der Waals surface area contributed by atoms with E-state index in [1.54, 1.807) is 0 Å². The Kier molecular flexibility index (Phi) is 6.52. The maximum atomic E-state index is 11.8. The fourth-order valence-electron chi connectivity index (χ4n) is 2.08. The standard InChI is InChI=1S/C16H27N3O/c1-5-19(15-9-7-6-8-12(15)2)11-10-18-16(20)13(3)14(4)17/h6-9,13-14H,5,10-11,17H2,1-4H3,(H,18,20). The first-order chi connectivity index (χ1) is 9.47. The molecule has 1 aromatic carbocycles. The fourth-order valence-corrected chi connectivity index (χ4v) is 2.08. The van der Waals surface area contributed by atoms with Gasteiger partial charge in [0.05, 0.1) is 0 Å². The van der Waals surface area contributed by atoms with E-state index < -0.39 is 0 Å². The fraction of sp³-hybridized carbons (Fsp3) is 0.562. The van der Waals surface area contributed by atoms with Gasteiger partial charge in [0.2, 0.25) is 5.91 Å². The number of amides is 1. The van der Waals surface area contributed by atoms with Gasteiger partial charge in [-0.15, -0.1) is 0 Å². The van der Waals surface area contributed by atoms with Crippen molar-refractivity contribution in [1.29, 1.82) is 0 Å². The van der Waals surface area contributed by atoms with Crippen LogP contribution in [0.4, 0.5) is 5.69 Å². The number of benzene rings is 1. The molecule has 3 N–H and O–H groups in total. The van der Waals surface area contributed by atoms with Crippen LogP contribution in [0.1, 0.15) is 26.3 Å². The number of aryl methyl sites for hydroxylation is 1. The van der Waals surface area contributed by atoms with Crippen LogP contribution in [-0.4, -0.2) is 31.6 Å². The lowest BCUT2D eigenvalue weighted by Gasteiger charge is -2.25. The Morgan fingerprint density at radius 1 is 1.35 bits per heavy atom. The monoisotopic (exact) mass is 277 g/mol. The number of carbonyl (C=O) groups excluding carboxylic acids is 1. The molecule has 4 nitrogen and oxygen atoms in total. The van der Waals surface area contributed by atoms with Crippen LogP contribution in [0.3, 0.4) is 0 Å². The first kappa shape index (κ1) is 16.5. The van der Waals surface area contributed by atoms with Crippen molar-refractivity contribution in [3.8, 4) is 0 Å². The molecule has 0 aliphatic carbocycles. The molecule has 0 bridgehead atoms. The van der Waals surface area contributed by atoms with Gasteiger partial charge in [0.1, 0.15) is 0 Å². The minimum Gasteiger partial charge on any atom is -0.370 e. The number of likely N-dealkylation sites (N-methyl/N-ethyl adjacent to an activating group) is 1. The van der Waals surface area contributed by atoms with Gasteiger partial charge in [0, 0.05) is 37.3 Å². The van der Waals surface area contributed by atoms with Crippen molar-refractivity contribution in [2.45, 2.75) is 33.7 Å². The number of nitrogens with one attached hydrogen (secondary N) is 1. The first-order valence-electron chi connectivity index (χ1n) is 7.31. The number of rotatable bonds is 7. The van der Waals surface area contributed by atoms with E-state index in [1.807, 2.05) is 26.0 Å². The molecule has 0 aromatic heterocycles. The quantitative estimate of drug-likeness (QED) is 0.800. The van der Waals surface area contributed by atoms with Crippen molar-refractivity contribution in [2.75, 3.05) is 24.5 Å². The van der Waals surface area contributed by atoms with E-state index in [9.17, 15) is 4.79 Å². The van der Waals surface area contributed by atoms with E-state index in [4.69, 9.17) is 5.73 Å². The Morgan fingerprint density at radius 2 is 2.00 bits per heavy atom. The molecular weight excluding hydrogens is 250 g/mol. The van der Waals surface area contributed by atoms with Crippen LogP contribution in [0, 0.1) is 12.8 Å². The van der Waals surface area contributed by atoms with Gasteiger partial charge in [-0.05, 0) is 32.4 Å². The maximum Gasteiger partial charge on any atom is 0.224 e. The van der Waals surface area contributed by atoms with Crippen LogP contribution >= 0.6 is 0 Å². The Hall–Kier alpha value is -1.55. The average Bonchev–Trinajstić information content (AvgIpc) is 2.43. The number of nitrogens with two attached hydrogens (primary N) is 1. The molecule has 1 amide bonds. The molecule has 0 aliphatic rings. The second kappa shape index (κ2) is 7.90. The predicted molar refractivity (Wildman–Crippen MR) is 84.9 cm³/mol. The van der Waals surface area contributed by atoms with Crippen molar-refractivity contribution in [3.63, 3.8) is 0 Å². The van der Waals surface area contributed by atoms with Crippen LogP contribution in [0.25, 0.3) is 0 Å². The highest BCUT2D eigenvalue weighted by molar-refractivity contribution is 5.78. The molecule has 1 aromatic rings. The average molecular weight is 277 g/mol. The van der Waals surface area contributed by atoms with Crippen molar-refractivity contribution >= 4 is 11.6 Å². The number of nitrogens with zero attached hydrogens (tertiary/aromatic N) is 1. The van der Waals surface area contributed by atoms with Gasteiger partial charge >= 0.3 is 0 Å². The first-order valence-corrected chi connectivity index (χ1v) is 7.31. The van der Waals surface area contributed by atoms with Gasteiger partial charge in [-0.25, -0.2) is 0 Å². The van der Waals surface area contributed by atoms with Crippen LogP contribution < -0.4 is 16.0 Å². The smallest absolute Gasteiger partial charge is 0.224 e. The van der Waals surface area contributed by atoms with Gasteiger partial charge in [-0.2, -0.15) is 0 Å². The summed E-state index contributed by atoms with van der Waals surface area (Å²) in [6, 6.07) is 8.19. The normalized spacial score (nSPS) is 13.7. The summed E-state index contributed by atoms with van der Waals surface area (Å²) >= 11 is 0. The molecule has 2 atom stereocenters. The molecule has 0 saturated carbocycles. The predicted octanol–water partition coefficient (Wildman–Crippen LogP) is 1.92. The minimum absolute atomic E-state index is 0.0286. The molecule has 1 rings (SSSR count). The summed E-state index contributed by atoms with van der Waals surface area (Å²) in [7, 11) is 0. The molecule has 2 unspecified atom stereocenters. The van der Waals surface area contributed by atoms with E-state index >= 15 is 0 Å². The zero-order valence-corrected chi connectivity index (χ0v) is 13.0. The summed E-state index contributed by atoms with van der Waals surface area (Å²) in [4.78, 5) is 14.1. The Morgan fingerprint density at radius 3 is 2.55 bits per heavy atom. The van der Waals surface area contributed by atoms with Crippen molar-refractivity contribution < 1.29 is 4.79 Å². The van der Waals surface area contributed by atoms with E-state index in [1.165, 1.54) is 11.3 Å². The van der Waals surface area contributed by atoms with E-state index in [0.717, 1.165) is 13.1 Å². The molecule has 4 heteroatoms. The third-order valence-electron chi connectivity index (χ3n) is 3.72. The molecule has 0 spiro atoms. The largest absolute Gasteiger partial charge is 0.370 e. The van der Waals surface area contributed by atoms with E-state index in [0.29, 0.717) is 6.54 Å². The summed E-state index contributed by atoms with van der Waals surface area (Å²) in [5.41, 5.74) is 8.21. The van der Waals surface area contributed by atoms with E-state index in [2.05, 4.69) is 36.2 Å². The number of carbonyl (C=O) groups is 1. The molecular formula is C16H27N3O. The maximum absolute atomic E-state index is 11.8. The SMILES string of the molecule is CCN(CCNC(=O)C(C)C(C)N)c1ccccc1C. The van der Waals surface area contributed by atoms with Crippen LogP contribution in [0.15, 0.2) is 24.3 Å².